The summed E-state index contributed by atoms with van der Waals surface area (Å²) >= 11 is 0. The minimum absolute atomic E-state index is 0. The van der Waals surface area contributed by atoms with E-state index < -0.39 is 0 Å². The number of piperidine rings is 1. The predicted octanol–water partition coefficient (Wildman–Crippen LogP) is 2.75. The molecule has 0 radical (unpaired) electrons. The number of methoxy groups -OCH3 is 1. The maximum atomic E-state index is 5.19. The second-order valence-electron chi connectivity index (χ2n) is 6.49. The van der Waals surface area contributed by atoms with Gasteiger partial charge in [0.05, 0.1) is 7.11 Å². The molecule has 6 heteroatoms. The van der Waals surface area contributed by atoms with Crippen molar-refractivity contribution >= 4 is 29.9 Å². The fraction of sp³-hybridized carbons (Fsp3) is 0.632. The fourth-order valence-corrected chi connectivity index (χ4v) is 2.92. The van der Waals surface area contributed by atoms with E-state index in [-0.39, 0.29) is 24.0 Å². The lowest BCUT2D eigenvalue weighted by Crippen LogP contribution is -2.39. The van der Waals surface area contributed by atoms with Crippen molar-refractivity contribution in [2.75, 3.05) is 46.9 Å². The molecule has 5 nitrogen and oxygen atoms in total. The number of halogens is 1. The van der Waals surface area contributed by atoms with Crippen LogP contribution in [0.2, 0.25) is 0 Å². The molecule has 0 aromatic heterocycles. The summed E-state index contributed by atoms with van der Waals surface area (Å²) in [6.45, 7) is 7.19. The van der Waals surface area contributed by atoms with E-state index in [9.17, 15) is 0 Å². The topological polar surface area (TPSA) is 48.9 Å². The van der Waals surface area contributed by atoms with E-state index in [4.69, 9.17) is 9.73 Å². The van der Waals surface area contributed by atoms with Crippen LogP contribution < -0.4 is 15.4 Å². The Morgan fingerprint density at radius 3 is 2.48 bits per heavy atom. The van der Waals surface area contributed by atoms with Gasteiger partial charge in [0, 0.05) is 19.6 Å². The number of nitrogens with one attached hydrogen (secondary N) is 2. The molecule has 0 spiro atoms. The predicted molar refractivity (Wildman–Crippen MR) is 116 cm³/mol. The molecule has 0 unspecified atom stereocenters. The summed E-state index contributed by atoms with van der Waals surface area (Å²) in [7, 11) is 3.89. The maximum absolute atomic E-state index is 5.19. The monoisotopic (exact) mass is 460 g/mol. The van der Waals surface area contributed by atoms with Crippen molar-refractivity contribution in [2.45, 2.75) is 26.2 Å². The third-order valence-electron chi connectivity index (χ3n) is 4.56. The van der Waals surface area contributed by atoms with Crippen LogP contribution in [0.3, 0.4) is 0 Å². The average molecular weight is 460 g/mol. The molecule has 0 atom stereocenters. The Labute approximate surface area is 169 Å². The second-order valence-corrected chi connectivity index (χ2v) is 6.49. The molecule has 0 bridgehead atoms. The number of nitrogens with zero attached hydrogens (tertiary/aromatic N) is 2. The lowest BCUT2D eigenvalue weighted by Gasteiger charge is -2.28. The summed E-state index contributed by atoms with van der Waals surface area (Å²) in [5, 5.41) is 6.79. The minimum Gasteiger partial charge on any atom is -0.497 e. The summed E-state index contributed by atoms with van der Waals surface area (Å²) in [5.74, 6) is 2.56. The van der Waals surface area contributed by atoms with Crippen LogP contribution >= 0.6 is 24.0 Å². The number of rotatable bonds is 7. The molecule has 1 fully saturated rings. The van der Waals surface area contributed by atoms with Crippen LogP contribution in [-0.4, -0.2) is 57.7 Å². The minimum atomic E-state index is 0. The first-order valence-electron chi connectivity index (χ1n) is 9.05. The quantitative estimate of drug-likeness (QED) is 0.373. The number of ether oxygens (including phenoxy) is 1. The van der Waals surface area contributed by atoms with Crippen LogP contribution in [0.15, 0.2) is 29.3 Å². The van der Waals surface area contributed by atoms with E-state index in [1.54, 1.807) is 7.11 Å². The molecular formula is C19H33IN4O. The van der Waals surface area contributed by atoms with E-state index in [0.29, 0.717) is 0 Å². The molecule has 142 valence electrons. The highest BCUT2D eigenvalue weighted by Gasteiger charge is 2.16. The van der Waals surface area contributed by atoms with Gasteiger partial charge in [-0.25, -0.2) is 0 Å². The smallest absolute Gasteiger partial charge is 0.191 e. The van der Waals surface area contributed by atoms with Crippen molar-refractivity contribution in [3.63, 3.8) is 0 Å². The van der Waals surface area contributed by atoms with Crippen molar-refractivity contribution in [1.29, 1.82) is 0 Å². The van der Waals surface area contributed by atoms with Gasteiger partial charge in [0.25, 0.3) is 0 Å². The van der Waals surface area contributed by atoms with E-state index in [1.165, 1.54) is 31.5 Å². The highest BCUT2D eigenvalue weighted by molar-refractivity contribution is 14.0. The zero-order chi connectivity index (χ0) is 17.2. The van der Waals surface area contributed by atoms with Gasteiger partial charge in [-0.15, -0.1) is 24.0 Å². The molecule has 25 heavy (non-hydrogen) atoms. The summed E-state index contributed by atoms with van der Waals surface area (Å²) in [6, 6.07) is 8.25. The van der Waals surface area contributed by atoms with Gasteiger partial charge in [-0.3, -0.25) is 4.99 Å². The summed E-state index contributed by atoms with van der Waals surface area (Å²) in [4.78, 5) is 7.18. The molecule has 1 aromatic rings. The summed E-state index contributed by atoms with van der Waals surface area (Å²) < 4.78 is 5.19. The van der Waals surface area contributed by atoms with Crippen LogP contribution in [0.5, 0.6) is 5.75 Å². The van der Waals surface area contributed by atoms with Gasteiger partial charge in [0.15, 0.2) is 5.96 Å². The SMILES string of the molecule is CCNC(=NCC1CCN(C)CC1)NCCc1ccc(OC)cc1.I. The number of hydrogen-bond acceptors (Lipinski definition) is 3. The maximum Gasteiger partial charge on any atom is 0.191 e. The molecular weight excluding hydrogens is 427 g/mol. The van der Waals surface area contributed by atoms with E-state index >= 15 is 0 Å². The van der Waals surface area contributed by atoms with Crippen LogP contribution in [0.1, 0.15) is 25.3 Å². The van der Waals surface area contributed by atoms with Gasteiger partial charge in [0.2, 0.25) is 0 Å². The van der Waals surface area contributed by atoms with Gasteiger partial charge in [-0.05, 0) is 69.9 Å². The molecule has 2 N–H and O–H groups in total. The first-order chi connectivity index (χ1) is 11.7. The van der Waals surface area contributed by atoms with E-state index in [0.717, 1.165) is 43.7 Å². The molecule has 0 saturated carbocycles. The van der Waals surface area contributed by atoms with Crippen LogP contribution in [0, 0.1) is 5.92 Å². The summed E-state index contributed by atoms with van der Waals surface area (Å²) in [6.07, 6.45) is 3.49. The van der Waals surface area contributed by atoms with Crippen LogP contribution in [0.4, 0.5) is 0 Å². The normalized spacial score (nSPS) is 16.2. The number of benzene rings is 1. The highest BCUT2D eigenvalue weighted by atomic mass is 127. The molecule has 1 aliphatic heterocycles. The Balaban J connectivity index is 0.00000312. The molecule has 1 aromatic carbocycles. The average Bonchev–Trinajstić information content (AvgIpc) is 2.61. The number of aliphatic imine (C=N–C) groups is 1. The molecule has 1 saturated heterocycles. The van der Waals surface area contributed by atoms with Gasteiger partial charge in [0.1, 0.15) is 5.75 Å². The lowest BCUT2D eigenvalue weighted by atomic mass is 9.97. The third kappa shape index (κ3) is 8.27. The standard InChI is InChI=1S/C19H32N4O.HI/c1-4-20-19(22-15-17-10-13-23(2)14-11-17)21-12-9-16-5-7-18(24-3)8-6-16;/h5-8,17H,4,9-15H2,1-3H3,(H2,20,21,22);1H. The van der Waals surface area contributed by atoms with E-state index in [2.05, 4.69) is 41.6 Å². The van der Waals surface area contributed by atoms with E-state index in [1.807, 2.05) is 12.1 Å². The first kappa shape index (κ1) is 22.0. The van der Waals surface area contributed by atoms with Gasteiger partial charge < -0.3 is 20.3 Å². The molecule has 0 amide bonds. The summed E-state index contributed by atoms with van der Waals surface area (Å²) in [5.41, 5.74) is 1.30. The number of likely N-dealkylation sites (tertiary alicyclic amines) is 1. The molecule has 1 aliphatic rings. The second kappa shape index (κ2) is 12.4. The van der Waals surface area contributed by atoms with Crippen molar-refractivity contribution in [3.8, 4) is 5.75 Å². The van der Waals surface area contributed by atoms with Crippen molar-refractivity contribution in [3.05, 3.63) is 29.8 Å². The third-order valence-corrected chi connectivity index (χ3v) is 4.56. The Hall–Kier alpha value is -1.02. The zero-order valence-corrected chi connectivity index (χ0v) is 18.1. The Bertz CT molecular complexity index is 499. The van der Waals surface area contributed by atoms with Gasteiger partial charge in [-0.2, -0.15) is 0 Å². The molecule has 1 heterocycles. The lowest BCUT2D eigenvalue weighted by molar-refractivity contribution is 0.223. The first-order valence-corrected chi connectivity index (χ1v) is 9.05. The molecule has 0 aliphatic carbocycles. The van der Waals surface area contributed by atoms with Crippen molar-refractivity contribution < 1.29 is 4.74 Å². The Morgan fingerprint density at radius 2 is 1.88 bits per heavy atom. The van der Waals surface area contributed by atoms with Crippen molar-refractivity contribution in [2.24, 2.45) is 10.9 Å². The molecule has 2 rings (SSSR count). The van der Waals surface area contributed by atoms with Gasteiger partial charge >= 0.3 is 0 Å². The zero-order valence-electron chi connectivity index (χ0n) is 15.8. The largest absolute Gasteiger partial charge is 0.497 e. The highest BCUT2D eigenvalue weighted by Crippen LogP contribution is 2.16. The Morgan fingerprint density at radius 1 is 1.20 bits per heavy atom. The van der Waals surface area contributed by atoms with Crippen LogP contribution in [0.25, 0.3) is 0 Å². The number of guanidine groups is 1. The van der Waals surface area contributed by atoms with Crippen molar-refractivity contribution in [1.82, 2.24) is 15.5 Å². The van der Waals surface area contributed by atoms with Crippen LogP contribution in [-0.2, 0) is 6.42 Å². The fourth-order valence-electron chi connectivity index (χ4n) is 2.92. The number of hydrogen-bond donors (Lipinski definition) is 2. The van der Waals surface area contributed by atoms with Gasteiger partial charge in [-0.1, -0.05) is 12.1 Å². The Kier molecular flexibility index (Phi) is 10.9.